The number of benzene rings is 2. The molecule has 1 fully saturated rings. The van der Waals surface area contributed by atoms with Crippen LogP contribution >= 0.6 is 15.9 Å². The minimum atomic E-state index is -0.549. The lowest BCUT2D eigenvalue weighted by molar-refractivity contribution is -0.128. The lowest BCUT2D eigenvalue weighted by Crippen LogP contribution is -2.43. The molecule has 0 spiro atoms. The van der Waals surface area contributed by atoms with Crippen LogP contribution in [0.2, 0.25) is 0 Å². The molecule has 0 radical (unpaired) electrons. The molecule has 0 saturated heterocycles. The van der Waals surface area contributed by atoms with E-state index in [9.17, 15) is 18.8 Å². The summed E-state index contributed by atoms with van der Waals surface area (Å²) in [7, 11) is 0. The second-order valence-electron chi connectivity index (χ2n) is 7.77. The van der Waals surface area contributed by atoms with Crippen molar-refractivity contribution in [3.8, 4) is 0 Å². The van der Waals surface area contributed by atoms with Crippen LogP contribution in [0.3, 0.4) is 0 Å². The fourth-order valence-corrected chi connectivity index (χ4v) is 4.08. The maximum atomic E-state index is 14.0. The van der Waals surface area contributed by atoms with Crippen molar-refractivity contribution in [2.24, 2.45) is 5.92 Å². The zero-order chi connectivity index (χ0) is 22.1. The maximum Gasteiger partial charge on any atom is 0.267 e. The van der Waals surface area contributed by atoms with E-state index in [4.69, 9.17) is 0 Å². The van der Waals surface area contributed by atoms with Crippen LogP contribution in [0.15, 0.2) is 48.0 Å². The van der Waals surface area contributed by atoms with Gasteiger partial charge in [-0.2, -0.15) is 0 Å². The molecule has 4 rings (SSSR count). The first kappa shape index (κ1) is 21.2. The summed E-state index contributed by atoms with van der Waals surface area (Å²) in [6, 6.07) is 12.1. The largest absolute Gasteiger partial charge is 0.307 e. The molecular weight excluding hydrogens is 465 g/mol. The number of halogens is 2. The first-order valence-corrected chi connectivity index (χ1v) is 10.8. The number of hydrogen-bond donors (Lipinski definition) is 2. The summed E-state index contributed by atoms with van der Waals surface area (Å²) in [4.78, 5) is 39.3. The van der Waals surface area contributed by atoms with E-state index in [-0.39, 0.29) is 42.1 Å². The fraction of sp³-hybridized carbons (Fsp3) is 0.261. The second kappa shape index (κ2) is 8.63. The smallest absolute Gasteiger partial charge is 0.267 e. The van der Waals surface area contributed by atoms with Crippen molar-refractivity contribution in [1.29, 1.82) is 0 Å². The average molecular weight is 486 g/mol. The van der Waals surface area contributed by atoms with E-state index in [0.717, 1.165) is 12.8 Å². The predicted molar refractivity (Wildman–Crippen MR) is 118 cm³/mol. The highest BCUT2D eigenvalue weighted by atomic mass is 79.9. The monoisotopic (exact) mass is 485 g/mol. The van der Waals surface area contributed by atoms with E-state index in [1.54, 1.807) is 42.2 Å². The first-order chi connectivity index (χ1) is 14.8. The molecule has 0 unspecified atom stereocenters. The molecule has 0 aromatic heterocycles. The Morgan fingerprint density at radius 1 is 1.16 bits per heavy atom. The van der Waals surface area contributed by atoms with E-state index in [2.05, 4.69) is 26.8 Å². The van der Waals surface area contributed by atoms with E-state index in [0.29, 0.717) is 26.9 Å². The summed E-state index contributed by atoms with van der Waals surface area (Å²) in [5, 5.41) is 0. The molecule has 0 bridgehead atoms. The fourth-order valence-electron chi connectivity index (χ4n) is 3.43. The molecule has 2 aromatic rings. The summed E-state index contributed by atoms with van der Waals surface area (Å²) in [6.07, 6.45) is 1.46. The summed E-state index contributed by atoms with van der Waals surface area (Å²) in [5.74, 6) is -1.47. The summed E-state index contributed by atoms with van der Waals surface area (Å²) < 4.78 is 14.5. The lowest BCUT2D eigenvalue weighted by Gasteiger charge is -2.23. The van der Waals surface area contributed by atoms with E-state index in [1.807, 2.05) is 6.07 Å². The van der Waals surface area contributed by atoms with Crippen molar-refractivity contribution in [2.45, 2.75) is 32.7 Å². The molecule has 8 heteroatoms. The van der Waals surface area contributed by atoms with Crippen LogP contribution in [0.1, 0.15) is 36.0 Å². The van der Waals surface area contributed by atoms with Gasteiger partial charge in [0.15, 0.2) is 0 Å². The highest BCUT2D eigenvalue weighted by Gasteiger charge is 2.32. The summed E-state index contributed by atoms with van der Waals surface area (Å²) in [6.45, 7) is 1.85. The third-order valence-corrected chi connectivity index (χ3v) is 6.33. The number of nitrogens with one attached hydrogen (secondary N) is 2. The number of amides is 3. The Hall–Kier alpha value is -3.00. The number of hydrogen-bond acceptors (Lipinski definition) is 3. The number of carbonyl (C=O) groups is 3. The number of para-hydroxylation sites is 1. The predicted octanol–water partition coefficient (Wildman–Crippen LogP) is 3.73. The van der Waals surface area contributed by atoms with Crippen LogP contribution in [-0.4, -0.2) is 17.7 Å². The van der Waals surface area contributed by atoms with Gasteiger partial charge in [-0.3, -0.25) is 25.2 Å². The van der Waals surface area contributed by atoms with Crippen LogP contribution in [0.5, 0.6) is 0 Å². The van der Waals surface area contributed by atoms with Gasteiger partial charge in [0, 0.05) is 21.5 Å². The van der Waals surface area contributed by atoms with E-state index in [1.165, 1.54) is 6.07 Å². The van der Waals surface area contributed by atoms with E-state index >= 15 is 0 Å². The van der Waals surface area contributed by atoms with Gasteiger partial charge in [0.05, 0.1) is 18.7 Å². The molecule has 0 atom stereocenters. The molecule has 2 aliphatic rings. The third kappa shape index (κ3) is 4.54. The van der Waals surface area contributed by atoms with Crippen LogP contribution in [-0.2, 0) is 20.9 Å². The standard InChI is InChI=1S/C23H21BrFN3O3/c1-13-6-7-14(10-18(13)25)12-28-19-5-3-2-4-16(19)21(24)17(11-20(28)29)23(31)27-26-22(30)15-8-9-15/h2-7,10,15H,8-9,11-12H2,1H3,(H,26,30)(H,27,31). The van der Waals surface area contributed by atoms with Gasteiger partial charge < -0.3 is 4.90 Å². The van der Waals surface area contributed by atoms with Gasteiger partial charge in [-0.15, -0.1) is 0 Å². The van der Waals surface area contributed by atoms with Gasteiger partial charge >= 0.3 is 0 Å². The lowest BCUT2D eigenvalue weighted by atomic mass is 10.1. The van der Waals surface area contributed by atoms with Crippen LogP contribution in [0, 0.1) is 18.7 Å². The van der Waals surface area contributed by atoms with Gasteiger partial charge in [-0.25, -0.2) is 4.39 Å². The van der Waals surface area contributed by atoms with Gasteiger partial charge in [-0.1, -0.05) is 30.3 Å². The van der Waals surface area contributed by atoms with Crippen molar-refractivity contribution < 1.29 is 18.8 Å². The molecule has 1 heterocycles. The number of rotatable bonds is 4. The van der Waals surface area contributed by atoms with Crippen molar-refractivity contribution in [3.63, 3.8) is 0 Å². The number of anilines is 1. The Labute approximate surface area is 187 Å². The number of carbonyl (C=O) groups excluding carboxylic acids is 3. The maximum absolute atomic E-state index is 14.0. The topological polar surface area (TPSA) is 78.5 Å². The highest BCUT2D eigenvalue weighted by Crippen LogP contribution is 2.38. The van der Waals surface area contributed by atoms with Crippen molar-refractivity contribution in [2.75, 3.05) is 4.90 Å². The number of nitrogens with zero attached hydrogens (tertiary/aromatic N) is 1. The van der Waals surface area contributed by atoms with Gasteiger partial charge in [-0.05, 0) is 59.0 Å². The third-order valence-electron chi connectivity index (χ3n) is 5.42. The summed E-state index contributed by atoms with van der Waals surface area (Å²) >= 11 is 3.48. The molecule has 1 aliphatic heterocycles. The minimum Gasteiger partial charge on any atom is -0.307 e. The summed E-state index contributed by atoms with van der Waals surface area (Å²) in [5.41, 5.74) is 7.51. The van der Waals surface area contributed by atoms with Gasteiger partial charge in [0.2, 0.25) is 11.8 Å². The molecule has 31 heavy (non-hydrogen) atoms. The van der Waals surface area contributed by atoms with Gasteiger partial charge in [0.1, 0.15) is 5.82 Å². The number of fused-ring (bicyclic) bond motifs is 1. The highest BCUT2D eigenvalue weighted by molar-refractivity contribution is 9.15. The Balaban J connectivity index is 1.62. The Bertz CT molecular complexity index is 1110. The van der Waals surface area contributed by atoms with Crippen molar-refractivity contribution in [1.82, 2.24) is 10.9 Å². The molecule has 1 aliphatic carbocycles. The van der Waals surface area contributed by atoms with Crippen LogP contribution < -0.4 is 15.8 Å². The number of aryl methyl sites for hydroxylation is 1. The van der Waals surface area contributed by atoms with E-state index < -0.39 is 5.91 Å². The van der Waals surface area contributed by atoms with Crippen LogP contribution in [0.4, 0.5) is 10.1 Å². The zero-order valence-electron chi connectivity index (χ0n) is 16.9. The van der Waals surface area contributed by atoms with Crippen molar-refractivity contribution in [3.05, 3.63) is 70.5 Å². The van der Waals surface area contributed by atoms with Crippen molar-refractivity contribution >= 4 is 43.8 Å². The average Bonchev–Trinajstić information content (AvgIpc) is 3.61. The Morgan fingerprint density at radius 2 is 1.90 bits per heavy atom. The molecule has 2 aromatic carbocycles. The molecule has 1 saturated carbocycles. The second-order valence-corrected chi connectivity index (χ2v) is 8.56. The quantitative estimate of drug-likeness (QED) is 0.647. The minimum absolute atomic E-state index is 0.0559. The van der Waals surface area contributed by atoms with Crippen LogP contribution in [0.25, 0.3) is 4.48 Å². The normalized spacial score (nSPS) is 16.0. The zero-order valence-corrected chi connectivity index (χ0v) is 18.5. The molecular formula is C23H21BrFN3O3. The molecule has 2 N–H and O–H groups in total. The Morgan fingerprint density at radius 3 is 2.61 bits per heavy atom. The Kier molecular flexibility index (Phi) is 5.91. The first-order valence-electron chi connectivity index (χ1n) is 9.98. The molecule has 6 nitrogen and oxygen atoms in total. The SMILES string of the molecule is Cc1ccc(CN2C(=O)CC(C(=O)NNC(=O)C3CC3)=C(Br)c3ccccc32)cc1F. The molecule has 160 valence electrons. The molecule has 3 amide bonds. The number of hydrazine groups is 1. The van der Waals surface area contributed by atoms with Gasteiger partial charge in [0.25, 0.3) is 5.91 Å².